The van der Waals surface area contributed by atoms with Gasteiger partial charge < -0.3 is 5.11 Å². The number of aliphatic hydroxyl groups is 1. The summed E-state index contributed by atoms with van der Waals surface area (Å²) < 4.78 is 0. The summed E-state index contributed by atoms with van der Waals surface area (Å²) in [7, 11) is 0. The SMILES string of the molecule is CC(C)N1CCC(O)(c2ccccc2)N1C=O. The molecule has 1 aromatic carbocycles. The van der Waals surface area contributed by atoms with Crippen molar-refractivity contribution < 1.29 is 9.90 Å². The van der Waals surface area contributed by atoms with Gasteiger partial charge >= 0.3 is 0 Å². The highest BCUT2D eigenvalue weighted by Gasteiger charge is 2.45. The third kappa shape index (κ3) is 1.94. The van der Waals surface area contributed by atoms with E-state index in [1.54, 1.807) is 0 Å². The van der Waals surface area contributed by atoms with Crippen LogP contribution in [0.3, 0.4) is 0 Å². The number of rotatable bonds is 3. The van der Waals surface area contributed by atoms with E-state index in [1.807, 2.05) is 49.2 Å². The Bertz CT molecular complexity index is 394. The molecule has 0 aliphatic carbocycles. The van der Waals surface area contributed by atoms with Gasteiger partial charge in [-0.3, -0.25) is 4.79 Å². The number of hydrazine groups is 1. The maximum atomic E-state index is 11.2. The Hall–Kier alpha value is -1.39. The summed E-state index contributed by atoms with van der Waals surface area (Å²) >= 11 is 0. The van der Waals surface area contributed by atoms with Gasteiger partial charge in [0.05, 0.1) is 0 Å². The molecule has 2 rings (SSSR count). The Kier molecular flexibility index (Phi) is 3.17. The first-order valence-electron chi connectivity index (χ1n) is 5.88. The molecular formula is C13H18N2O2. The molecular weight excluding hydrogens is 216 g/mol. The molecule has 1 unspecified atom stereocenters. The Balaban J connectivity index is 2.35. The highest BCUT2D eigenvalue weighted by Crippen LogP contribution is 2.36. The van der Waals surface area contributed by atoms with Crippen LogP contribution < -0.4 is 0 Å². The minimum atomic E-state index is -1.20. The first kappa shape index (κ1) is 12.1. The van der Waals surface area contributed by atoms with Crippen LogP contribution >= 0.6 is 0 Å². The van der Waals surface area contributed by atoms with E-state index in [0.29, 0.717) is 19.4 Å². The van der Waals surface area contributed by atoms with E-state index in [0.717, 1.165) is 5.56 Å². The fourth-order valence-electron chi connectivity index (χ4n) is 2.34. The van der Waals surface area contributed by atoms with E-state index in [2.05, 4.69) is 0 Å². The van der Waals surface area contributed by atoms with Crippen LogP contribution in [0.4, 0.5) is 0 Å². The lowest BCUT2D eigenvalue weighted by atomic mass is 10.0. The largest absolute Gasteiger partial charge is 0.366 e. The monoisotopic (exact) mass is 234 g/mol. The maximum Gasteiger partial charge on any atom is 0.226 e. The Morgan fingerprint density at radius 1 is 1.35 bits per heavy atom. The van der Waals surface area contributed by atoms with Crippen molar-refractivity contribution in [3.63, 3.8) is 0 Å². The summed E-state index contributed by atoms with van der Waals surface area (Å²) in [5.41, 5.74) is -0.442. The number of carbonyl (C=O) groups excluding carboxylic acids is 1. The van der Waals surface area contributed by atoms with Crippen LogP contribution in [0.5, 0.6) is 0 Å². The minimum Gasteiger partial charge on any atom is -0.366 e. The van der Waals surface area contributed by atoms with Gasteiger partial charge in [0.1, 0.15) is 0 Å². The number of amides is 1. The Morgan fingerprint density at radius 2 is 2.00 bits per heavy atom. The molecule has 1 saturated heterocycles. The molecule has 1 fully saturated rings. The molecule has 1 aromatic rings. The van der Waals surface area contributed by atoms with Crippen molar-refractivity contribution in [1.82, 2.24) is 10.0 Å². The number of hydrogen-bond donors (Lipinski definition) is 1. The topological polar surface area (TPSA) is 43.8 Å². The second-order valence-corrected chi connectivity index (χ2v) is 4.64. The van der Waals surface area contributed by atoms with Gasteiger partial charge in [-0.25, -0.2) is 10.0 Å². The number of nitrogens with zero attached hydrogens (tertiary/aromatic N) is 2. The van der Waals surface area contributed by atoms with Crippen LogP contribution in [0, 0.1) is 0 Å². The van der Waals surface area contributed by atoms with Crippen molar-refractivity contribution in [2.45, 2.75) is 32.0 Å². The summed E-state index contributed by atoms with van der Waals surface area (Å²) in [4.78, 5) is 11.2. The average Bonchev–Trinajstić information content (AvgIpc) is 2.69. The Labute approximate surface area is 101 Å². The van der Waals surface area contributed by atoms with Crippen molar-refractivity contribution in [3.8, 4) is 0 Å². The highest BCUT2D eigenvalue weighted by atomic mass is 16.3. The quantitative estimate of drug-likeness (QED) is 0.802. The zero-order valence-corrected chi connectivity index (χ0v) is 10.2. The van der Waals surface area contributed by atoms with Crippen LogP contribution in [-0.4, -0.2) is 34.1 Å². The fraction of sp³-hybridized carbons (Fsp3) is 0.462. The molecule has 0 radical (unpaired) electrons. The first-order chi connectivity index (χ1) is 8.09. The molecule has 4 nitrogen and oxygen atoms in total. The maximum absolute atomic E-state index is 11.2. The molecule has 1 atom stereocenters. The van der Waals surface area contributed by atoms with E-state index >= 15 is 0 Å². The van der Waals surface area contributed by atoms with Crippen molar-refractivity contribution in [1.29, 1.82) is 0 Å². The van der Waals surface area contributed by atoms with Crippen LogP contribution in [0.15, 0.2) is 30.3 Å². The van der Waals surface area contributed by atoms with Crippen molar-refractivity contribution >= 4 is 6.41 Å². The minimum absolute atomic E-state index is 0.193. The number of carbonyl (C=O) groups is 1. The van der Waals surface area contributed by atoms with Gasteiger partial charge in [-0.15, -0.1) is 0 Å². The lowest BCUT2D eigenvalue weighted by molar-refractivity contribution is -0.181. The molecule has 92 valence electrons. The summed E-state index contributed by atoms with van der Waals surface area (Å²) in [6.07, 6.45) is 1.24. The highest BCUT2D eigenvalue weighted by molar-refractivity contribution is 5.50. The van der Waals surface area contributed by atoms with E-state index in [-0.39, 0.29) is 6.04 Å². The van der Waals surface area contributed by atoms with Gasteiger partial charge in [0.15, 0.2) is 5.72 Å². The molecule has 0 spiro atoms. The summed E-state index contributed by atoms with van der Waals surface area (Å²) in [5.74, 6) is 0. The van der Waals surface area contributed by atoms with Gasteiger partial charge in [-0.2, -0.15) is 0 Å². The molecule has 17 heavy (non-hydrogen) atoms. The lowest BCUT2D eigenvalue weighted by Crippen LogP contribution is -2.49. The molecule has 0 aromatic heterocycles. The first-order valence-corrected chi connectivity index (χ1v) is 5.88. The average molecular weight is 234 g/mol. The molecule has 0 bridgehead atoms. The zero-order chi connectivity index (χ0) is 12.5. The van der Waals surface area contributed by atoms with E-state index in [1.165, 1.54) is 5.01 Å². The van der Waals surface area contributed by atoms with Gasteiger partial charge in [0, 0.05) is 24.6 Å². The van der Waals surface area contributed by atoms with Crippen LogP contribution in [0.2, 0.25) is 0 Å². The molecule has 1 heterocycles. The molecule has 1 N–H and O–H groups in total. The van der Waals surface area contributed by atoms with E-state index in [4.69, 9.17) is 0 Å². The normalized spacial score (nSPS) is 25.5. The second-order valence-electron chi connectivity index (χ2n) is 4.64. The standard InChI is InChI=1S/C13H18N2O2/c1-11(2)14-9-8-13(17,15(14)10-16)12-6-4-3-5-7-12/h3-7,10-11,17H,8-9H2,1-2H3. The number of benzene rings is 1. The van der Waals surface area contributed by atoms with Crippen LogP contribution in [-0.2, 0) is 10.5 Å². The second kappa shape index (κ2) is 4.47. The zero-order valence-electron chi connectivity index (χ0n) is 10.2. The smallest absolute Gasteiger partial charge is 0.226 e. The van der Waals surface area contributed by atoms with Gasteiger partial charge in [0.2, 0.25) is 6.41 Å². The summed E-state index contributed by atoms with van der Waals surface area (Å²) in [6.45, 7) is 4.70. The van der Waals surface area contributed by atoms with Crippen molar-refractivity contribution in [2.24, 2.45) is 0 Å². The fourth-order valence-corrected chi connectivity index (χ4v) is 2.34. The third-order valence-electron chi connectivity index (χ3n) is 3.28. The van der Waals surface area contributed by atoms with Gasteiger partial charge in [-0.1, -0.05) is 30.3 Å². The van der Waals surface area contributed by atoms with E-state index < -0.39 is 5.72 Å². The molecule has 1 amide bonds. The lowest BCUT2D eigenvalue weighted by Gasteiger charge is -2.36. The van der Waals surface area contributed by atoms with Crippen LogP contribution in [0.25, 0.3) is 0 Å². The van der Waals surface area contributed by atoms with Crippen molar-refractivity contribution in [2.75, 3.05) is 6.54 Å². The third-order valence-corrected chi connectivity index (χ3v) is 3.28. The molecule has 4 heteroatoms. The summed E-state index contributed by atoms with van der Waals surface area (Å²) in [5, 5.41) is 14.0. The Morgan fingerprint density at radius 3 is 2.53 bits per heavy atom. The van der Waals surface area contributed by atoms with Gasteiger partial charge in [0.25, 0.3) is 0 Å². The van der Waals surface area contributed by atoms with Crippen molar-refractivity contribution in [3.05, 3.63) is 35.9 Å². The molecule has 1 aliphatic heterocycles. The summed E-state index contributed by atoms with van der Waals surface area (Å²) in [6, 6.07) is 9.52. The van der Waals surface area contributed by atoms with Gasteiger partial charge in [-0.05, 0) is 13.8 Å². The predicted molar refractivity (Wildman–Crippen MR) is 64.7 cm³/mol. The van der Waals surface area contributed by atoms with E-state index in [9.17, 15) is 9.90 Å². The molecule has 0 saturated carbocycles. The number of hydrogen-bond acceptors (Lipinski definition) is 3. The van der Waals surface area contributed by atoms with Crippen LogP contribution in [0.1, 0.15) is 25.8 Å². The predicted octanol–water partition coefficient (Wildman–Crippen LogP) is 1.32. The molecule has 1 aliphatic rings.